The van der Waals surface area contributed by atoms with E-state index in [1.807, 2.05) is 24.3 Å². The van der Waals surface area contributed by atoms with Crippen LogP contribution >= 0.6 is 27.5 Å². The molecule has 0 fully saturated rings. The fourth-order valence-electron chi connectivity index (χ4n) is 1.72. The third-order valence-electron chi connectivity index (χ3n) is 2.70. The number of aromatic nitrogens is 1. The average molecular weight is 356 g/mol. The molecule has 2 aromatic rings. The van der Waals surface area contributed by atoms with E-state index in [1.165, 1.54) is 6.07 Å². The number of carbonyl (C=O) groups is 1. The van der Waals surface area contributed by atoms with Gasteiger partial charge in [0.15, 0.2) is 0 Å². The lowest BCUT2D eigenvalue weighted by atomic mass is 10.1. The molecular formula is C14H12BrClN2O2. The molecule has 0 radical (unpaired) electrons. The summed E-state index contributed by atoms with van der Waals surface area (Å²) in [6.07, 6.45) is 2.32. The Hall–Kier alpha value is -1.59. The summed E-state index contributed by atoms with van der Waals surface area (Å²) >= 11 is 9.03. The van der Waals surface area contributed by atoms with E-state index >= 15 is 0 Å². The predicted molar refractivity (Wildman–Crippen MR) is 82.5 cm³/mol. The largest absolute Gasteiger partial charge is 0.478 e. The van der Waals surface area contributed by atoms with E-state index in [4.69, 9.17) is 16.7 Å². The van der Waals surface area contributed by atoms with Gasteiger partial charge in [-0.15, -0.1) is 0 Å². The third-order valence-corrected chi connectivity index (χ3v) is 3.39. The molecule has 1 aromatic heterocycles. The summed E-state index contributed by atoms with van der Waals surface area (Å²) < 4.78 is 0.637. The zero-order valence-electron chi connectivity index (χ0n) is 10.4. The molecule has 0 bridgehead atoms. The number of nitrogens with zero attached hydrogens (tertiary/aromatic N) is 1. The van der Waals surface area contributed by atoms with Crippen LogP contribution in [0.4, 0.5) is 5.82 Å². The van der Waals surface area contributed by atoms with Crippen molar-refractivity contribution >= 4 is 39.3 Å². The van der Waals surface area contributed by atoms with Gasteiger partial charge >= 0.3 is 5.97 Å². The van der Waals surface area contributed by atoms with Gasteiger partial charge in [0.05, 0.1) is 0 Å². The maximum absolute atomic E-state index is 11.1. The van der Waals surface area contributed by atoms with E-state index in [9.17, 15) is 4.79 Å². The molecule has 0 saturated carbocycles. The van der Waals surface area contributed by atoms with E-state index in [0.29, 0.717) is 21.9 Å². The van der Waals surface area contributed by atoms with E-state index in [0.717, 1.165) is 12.0 Å². The van der Waals surface area contributed by atoms with Crippen molar-refractivity contribution < 1.29 is 9.90 Å². The lowest BCUT2D eigenvalue weighted by Gasteiger charge is -2.09. The number of carboxylic acid groups (broad SMARTS) is 1. The van der Waals surface area contributed by atoms with Crippen LogP contribution < -0.4 is 5.32 Å². The van der Waals surface area contributed by atoms with Crippen LogP contribution in [0.3, 0.4) is 0 Å². The second-order valence-electron chi connectivity index (χ2n) is 4.16. The van der Waals surface area contributed by atoms with Crippen molar-refractivity contribution in [1.82, 2.24) is 4.98 Å². The summed E-state index contributed by atoms with van der Waals surface area (Å²) in [5, 5.41) is 12.9. The second-order valence-corrected chi connectivity index (χ2v) is 5.51. The van der Waals surface area contributed by atoms with Crippen LogP contribution in [0.1, 0.15) is 15.9 Å². The SMILES string of the molecule is O=C(O)c1cc(Br)cnc1NCCc1ccc(Cl)cc1. The highest BCUT2D eigenvalue weighted by Crippen LogP contribution is 2.18. The summed E-state index contributed by atoms with van der Waals surface area (Å²) in [6, 6.07) is 9.07. The van der Waals surface area contributed by atoms with Crippen LogP contribution in [0.2, 0.25) is 5.02 Å². The molecule has 1 heterocycles. The molecule has 0 spiro atoms. The lowest BCUT2D eigenvalue weighted by Crippen LogP contribution is -2.11. The van der Waals surface area contributed by atoms with Crippen molar-refractivity contribution in [2.24, 2.45) is 0 Å². The van der Waals surface area contributed by atoms with Gasteiger partial charge in [0.25, 0.3) is 0 Å². The van der Waals surface area contributed by atoms with Crippen molar-refractivity contribution in [2.75, 3.05) is 11.9 Å². The first-order valence-electron chi connectivity index (χ1n) is 5.93. The monoisotopic (exact) mass is 354 g/mol. The maximum atomic E-state index is 11.1. The van der Waals surface area contributed by atoms with Crippen molar-refractivity contribution in [3.63, 3.8) is 0 Å². The zero-order valence-corrected chi connectivity index (χ0v) is 12.8. The number of nitrogens with one attached hydrogen (secondary N) is 1. The van der Waals surface area contributed by atoms with Crippen LogP contribution in [0, 0.1) is 0 Å². The minimum Gasteiger partial charge on any atom is -0.478 e. The van der Waals surface area contributed by atoms with E-state index in [-0.39, 0.29) is 5.56 Å². The number of pyridine rings is 1. The quantitative estimate of drug-likeness (QED) is 0.855. The first kappa shape index (κ1) is 14.8. The Kier molecular flexibility index (Phi) is 4.98. The van der Waals surface area contributed by atoms with Gasteiger partial charge in [-0.05, 0) is 46.1 Å². The van der Waals surface area contributed by atoms with Crippen molar-refractivity contribution in [1.29, 1.82) is 0 Å². The van der Waals surface area contributed by atoms with Gasteiger partial charge in [-0.2, -0.15) is 0 Å². The van der Waals surface area contributed by atoms with Gasteiger partial charge in [-0.1, -0.05) is 23.7 Å². The first-order valence-corrected chi connectivity index (χ1v) is 7.10. The molecule has 0 atom stereocenters. The number of benzene rings is 1. The molecule has 1 aromatic carbocycles. The van der Waals surface area contributed by atoms with E-state index < -0.39 is 5.97 Å². The van der Waals surface area contributed by atoms with Crippen LogP contribution in [-0.2, 0) is 6.42 Å². The topological polar surface area (TPSA) is 62.2 Å². The van der Waals surface area contributed by atoms with Crippen LogP contribution in [0.15, 0.2) is 41.0 Å². The first-order chi connectivity index (χ1) is 9.56. The van der Waals surface area contributed by atoms with Gasteiger partial charge in [-0.25, -0.2) is 9.78 Å². The van der Waals surface area contributed by atoms with Crippen LogP contribution in [0.25, 0.3) is 0 Å². The molecule has 4 nitrogen and oxygen atoms in total. The van der Waals surface area contributed by atoms with Crippen LogP contribution in [0.5, 0.6) is 0 Å². The predicted octanol–water partition coefficient (Wildman–Crippen LogP) is 3.85. The summed E-state index contributed by atoms with van der Waals surface area (Å²) in [6.45, 7) is 0.594. The molecule has 0 aliphatic carbocycles. The summed E-state index contributed by atoms with van der Waals surface area (Å²) in [5.41, 5.74) is 1.27. The zero-order chi connectivity index (χ0) is 14.5. The van der Waals surface area contributed by atoms with E-state index in [2.05, 4.69) is 26.2 Å². The summed E-state index contributed by atoms with van der Waals surface area (Å²) in [7, 11) is 0. The van der Waals surface area contributed by atoms with E-state index in [1.54, 1.807) is 6.20 Å². The Bertz CT molecular complexity index is 617. The van der Waals surface area contributed by atoms with Gasteiger partial charge in [-0.3, -0.25) is 0 Å². The number of aromatic carboxylic acids is 1. The normalized spacial score (nSPS) is 10.3. The minimum atomic E-state index is -1.01. The lowest BCUT2D eigenvalue weighted by molar-refractivity contribution is 0.0697. The fraction of sp³-hybridized carbons (Fsp3) is 0.143. The maximum Gasteiger partial charge on any atom is 0.339 e. The molecule has 0 amide bonds. The molecule has 2 N–H and O–H groups in total. The van der Waals surface area contributed by atoms with Gasteiger partial charge in [0.2, 0.25) is 0 Å². The number of hydrogen-bond donors (Lipinski definition) is 2. The minimum absolute atomic E-state index is 0.149. The number of halogens is 2. The molecule has 0 unspecified atom stereocenters. The smallest absolute Gasteiger partial charge is 0.339 e. The molecule has 6 heteroatoms. The highest BCUT2D eigenvalue weighted by atomic mass is 79.9. The molecule has 2 rings (SSSR count). The van der Waals surface area contributed by atoms with Gasteiger partial charge in [0.1, 0.15) is 11.4 Å². The van der Waals surface area contributed by atoms with Crippen molar-refractivity contribution in [2.45, 2.75) is 6.42 Å². The van der Waals surface area contributed by atoms with Gasteiger partial charge in [0, 0.05) is 22.2 Å². The summed E-state index contributed by atoms with van der Waals surface area (Å²) in [4.78, 5) is 15.2. The van der Waals surface area contributed by atoms with Crippen molar-refractivity contribution in [3.8, 4) is 0 Å². The number of rotatable bonds is 5. The average Bonchev–Trinajstić information content (AvgIpc) is 2.42. The number of anilines is 1. The van der Waals surface area contributed by atoms with Crippen molar-refractivity contribution in [3.05, 3.63) is 57.2 Å². The Morgan fingerprint density at radius 3 is 2.70 bits per heavy atom. The molecule has 104 valence electrons. The second kappa shape index (κ2) is 6.72. The number of hydrogen-bond acceptors (Lipinski definition) is 3. The molecule has 20 heavy (non-hydrogen) atoms. The Morgan fingerprint density at radius 1 is 1.35 bits per heavy atom. The summed E-state index contributed by atoms with van der Waals surface area (Å²) in [5.74, 6) is -0.637. The Morgan fingerprint density at radius 2 is 2.05 bits per heavy atom. The number of carboxylic acids is 1. The molecule has 0 aliphatic rings. The highest BCUT2D eigenvalue weighted by molar-refractivity contribution is 9.10. The Labute approximate surface area is 129 Å². The Balaban J connectivity index is 2.00. The highest BCUT2D eigenvalue weighted by Gasteiger charge is 2.11. The fourth-order valence-corrected chi connectivity index (χ4v) is 2.18. The molecule has 0 aliphatic heterocycles. The third kappa shape index (κ3) is 3.95. The van der Waals surface area contributed by atoms with Crippen LogP contribution in [-0.4, -0.2) is 22.6 Å². The molecular weight excluding hydrogens is 344 g/mol. The van der Waals surface area contributed by atoms with Gasteiger partial charge < -0.3 is 10.4 Å². The molecule has 0 saturated heterocycles. The standard InChI is InChI=1S/C14H12BrClN2O2/c15-10-7-12(14(19)20)13(18-8-10)17-6-5-9-1-3-11(16)4-2-9/h1-4,7-8H,5-6H2,(H,17,18)(H,19,20).